The predicted octanol–water partition coefficient (Wildman–Crippen LogP) is -0.407. The lowest BCUT2D eigenvalue weighted by Crippen LogP contribution is -2.27. The molecule has 4 N–H and O–H groups in total. The van der Waals surface area contributed by atoms with E-state index in [1.807, 2.05) is 0 Å². The van der Waals surface area contributed by atoms with Crippen LogP contribution in [0.5, 0.6) is 0 Å². The molecule has 0 spiro atoms. The van der Waals surface area contributed by atoms with Crippen molar-refractivity contribution in [2.45, 2.75) is 25.5 Å². The number of hydrogen-bond donors (Lipinski definition) is 3. The van der Waals surface area contributed by atoms with Gasteiger partial charge in [0.05, 0.1) is 0 Å². The summed E-state index contributed by atoms with van der Waals surface area (Å²) in [6.45, 7) is 0.862. The highest BCUT2D eigenvalue weighted by Gasteiger charge is 2.06. The molecular formula is C6H14N2O3. The van der Waals surface area contributed by atoms with Crippen molar-refractivity contribution in [3.8, 4) is 0 Å². The van der Waals surface area contributed by atoms with E-state index in [0.717, 1.165) is 13.0 Å². The van der Waals surface area contributed by atoms with E-state index in [1.165, 1.54) is 18.3 Å². The average Bonchev–Trinajstić information content (AvgIpc) is 2.07. The molecule has 1 unspecified atom stereocenters. The Morgan fingerprint density at radius 3 is 2.45 bits per heavy atom. The summed E-state index contributed by atoms with van der Waals surface area (Å²) < 4.78 is 5.06. The Morgan fingerprint density at radius 1 is 1.64 bits per heavy atom. The summed E-state index contributed by atoms with van der Waals surface area (Å²) in [7, 11) is 0. The van der Waals surface area contributed by atoms with Crippen molar-refractivity contribution >= 4 is 6.41 Å². The number of nitrogens with one attached hydrogen (secondary N) is 1. The summed E-state index contributed by atoms with van der Waals surface area (Å²) in [6.07, 6.45) is 3.68. The molecule has 0 bridgehead atoms. The first-order chi connectivity index (χ1) is 5.31. The van der Waals surface area contributed by atoms with E-state index >= 15 is 0 Å². The minimum atomic E-state index is 0.0359. The standard InChI is InChI=1S/C5H11NO.CH3NO2/c6-5-3-1-2-4-7-5;3-1-2-4/h5H,1-4,6H2;1,4H,(H,2,3). The summed E-state index contributed by atoms with van der Waals surface area (Å²) in [5, 5.41) is 7.26. The van der Waals surface area contributed by atoms with E-state index in [1.54, 1.807) is 0 Å². The van der Waals surface area contributed by atoms with Gasteiger partial charge in [0, 0.05) is 6.61 Å². The Morgan fingerprint density at radius 2 is 2.27 bits per heavy atom. The average molecular weight is 162 g/mol. The summed E-state index contributed by atoms with van der Waals surface area (Å²) >= 11 is 0. The number of hydroxylamine groups is 1. The van der Waals surface area contributed by atoms with Crippen molar-refractivity contribution in [2.75, 3.05) is 6.61 Å². The molecule has 5 heteroatoms. The summed E-state index contributed by atoms with van der Waals surface area (Å²) in [5.74, 6) is 0. The van der Waals surface area contributed by atoms with Gasteiger partial charge in [0.15, 0.2) is 0 Å². The Labute approximate surface area is 65.5 Å². The summed E-state index contributed by atoms with van der Waals surface area (Å²) in [4.78, 5) is 8.81. The van der Waals surface area contributed by atoms with Gasteiger partial charge in [-0.25, -0.2) is 5.48 Å². The summed E-state index contributed by atoms with van der Waals surface area (Å²) in [6, 6.07) is 0. The van der Waals surface area contributed by atoms with Gasteiger partial charge in [0.1, 0.15) is 6.23 Å². The zero-order valence-electron chi connectivity index (χ0n) is 6.32. The molecule has 1 atom stereocenters. The lowest BCUT2D eigenvalue weighted by molar-refractivity contribution is -0.116. The van der Waals surface area contributed by atoms with E-state index in [0.29, 0.717) is 0 Å². The molecule has 11 heavy (non-hydrogen) atoms. The van der Waals surface area contributed by atoms with Gasteiger partial charge in [-0.3, -0.25) is 10.0 Å². The van der Waals surface area contributed by atoms with Crippen LogP contribution in [-0.4, -0.2) is 24.5 Å². The maximum atomic E-state index is 8.81. The van der Waals surface area contributed by atoms with E-state index in [9.17, 15) is 0 Å². The fourth-order valence-corrected chi connectivity index (χ4v) is 0.766. The number of nitrogens with two attached hydrogens (primary N) is 1. The molecule has 0 radical (unpaired) electrons. The normalized spacial score (nSPS) is 22.9. The zero-order valence-corrected chi connectivity index (χ0v) is 6.32. The topological polar surface area (TPSA) is 84.6 Å². The maximum absolute atomic E-state index is 8.81. The first-order valence-corrected chi connectivity index (χ1v) is 3.51. The molecule has 1 amide bonds. The number of amides is 1. The Hall–Kier alpha value is -0.650. The molecule has 1 heterocycles. The van der Waals surface area contributed by atoms with Gasteiger partial charge in [-0.05, 0) is 19.3 Å². The smallest absolute Gasteiger partial charge is 0.230 e. The second kappa shape index (κ2) is 7.46. The SMILES string of the molecule is NC1CCCCO1.O=CNO. The monoisotopic (exact) mass is 162 g/mol. The van der Waals surface area contributed by atoms with Crippen LogP contribution in [0, 0.1) is 0 Å². The maximum Gasteiger partial charge on any atom is 0.230 e. The Bertz CT molecular complexity index is 93.8. The highest BCUT2D eigenvalue weighted by atomic mass is 16.5. The van der Waals surface area contributed by atoms with Gasteiger partial charge < -0.3 is 10.5 Å². The van der Waals surface area contributed by atoms with Crippen molar-refractivity contribution in [3.63, 3.8) is 0 Å². The Kier molecular flexibility index (Phi) is 7.02. The molecule has 0 aromatic heterocycles. The van der Waals surface area contributed by atoms with Gasteiger partial charge in [0.2, 0.25) is 6.41 Å². The molecule has 66 valence electrons. The molecule has 1 fully saturated rings. The lowest BCUT2D eigenvalue weighted by atomic mass is 10.2. The fraction of sp³-hybridized carbons (Fsp3) is 0.833. The van der Waals surface area contributed by atoms with Crippen LogP contribution in [0.3, 0.4) is 0 Å². The Balaban J connectivity index is 0.000000218. The van der Waals surface area contributed by atoms with Gasteiger partial charge in [-0.15, -0.1) is 0 Å². The largest absolute Gasteiger partial charge is 0.364 e. The lowest BCUT2D eigenvalue weighted by Gasteiger charge is -2.17. The molecular weight excluding hydrogens is 148 g/mol. The molecule has 1 aliphatic heterocycles. The highest BCUT2D eigenvalue weighted by molar-refractivity contribution is 5.43. The first-order valence-electron chi connectivity index (χ1n) is 3.51. The van der Waals surface area contributed by atoms with Gasteiger partial charge in [-0.2, -0.15) is 0 Å². The molecule has 1 rings (SSSR count). The number of carbonyl (C=O) groups is 1. The van der Waals surface area contributed by atoms with Crippen LogP contribution in [0.25, 0.3) is 0 Å². The van der Waals surface area contributed by atoms with E-state index in [4.69, 9.17) is 20.5 Å². The molecule has 1 saturated heterocycles. The van der Waals surface area contributed by atoms with Crippen LogP contribution < -0.4 is 11.2 Å². The number of carbonyl (C=O) groups excluding carboxylic acids is 1. The molecule has 0 aliphatic carbocycles. The molecule has 5 nitrogen and oxygen atoms in total. The van der Waals surface area contributed by atoms with Crippen molar-refractivity contribution in [2.24, 2.45) is 5.73 Å². The van der Waals surface area contributed by atoms with Crippen LogP contribution in [-0.2, 0) is 9.53 Å². The van der Waals surface area contributed by atoms with Gasteiger partial charge in [-0.1, -0.05) is 0 Å². The summed E-state index contributed by atoms with van der Waals surface area (Å²) in [5.41, 5.74) is 6.66. The highest BCUT2D eigenvalue weighted by Crippen LogP contribution is 2.06. The fourth-order valence-electron chi connectivity index (χ4n) is 0.766. The van der Waals surface area contributed by atoms with E-state index in [-0.39, 0.29) is 12.6 Å². The molecule has 0 aromatic rings. The predicted molar refractivity (Wildman–Crippen MR) is 38.8 cm³/mol. The number of ether oxygens (including phenoxy) is 1. The second-order valence-corrected chi connectivity index (χ2v) is 2.15. The van der Waals surface area contributed by atoms with Crippen LogP contribution in [0.1, 0.15) is 19.3 Å². The molecule has 1 aliphatic rings. The quantitative estimate of drug-likeness (QED) is 0.278. The molecule has 0 saturated carbocycles. The van der Waals surface area contributed by atoms with Crippen molar-refractivity contribution in [1.82, 2.24) is 5.48 Å². The molecule has 0 aromatic carbocycles. The van der Waals surface area contributed by atoms with Crippen LogP contribution in [0.4, 0.5) is 0 Å². The van der Waals surface area contributed by atoms with Crippen molar-refractivity contribution < 1.29 is 14.7 Å². The van der Waals surface area contributed by atoms with Crippen LogP contribution in [0.2, 0.25) is 0 Å². The third kappa shape index (κ3) is 7.24. The van der Waals surface area contributed by atoms with Crippen molar-refractivity contribution in [3.05, 3.63) is 0 Å². The number of rotatable bonds is 1. The van der Waals surface area contributed by atoms with Gasteiger partial charge in [0.25, 0.3) is 0 Å². The van der Waals surface area contributed by atoms with Crippen LogP contribution >= 0.6 is 0 Å². The third-order valence-corrected chi connectivity index (χ3v) is 1.27. The third-order valence-electron chi connectivity index (χ3n) is 1.27. The van der Waals surface area contributed by atoms with E-state index < -0.39 is 0 Å². The first kappa shape index (κ1) is 10.3. The number of hydrogen-bond acceptors (Lipinski definition) is 4. The second-order valence-electron chi connectivity index (χ2n) is 2.15. The minimum Gasteiger partial charge on any atom is -0.364 e. The van der Waals surface area contributed by atoms with Crippen LogP contribution in [0.15, 0.2) is 0 Å². The van der Waals surface area contributed by atoms with Gasteiger partial charge >= 0.3 is 0 Å². The minimum absolute atomic E-state index is 0.0359. The van der Waals surface area contributed by atoms with E-state index in [2.05, 4.69) is 0 Å². The zero-order chi connectivity index (χ0) is 8.53. The van der Waals surface area contributed by atoms with Crippen molar-refractivity contribution in [1.29, 1.82) is 0 Å².